The summed E-state index contributed by atoms with van der Waals surface area (Å²) in [6.45, 7) is 0.519. The Kier molecular flexibility index (Phi) is 5.11. The van der Waals surface area contributed by atoms with E-state index >= 15 is 0 Å². The number of nitrogens with zero attached hydrogens (tertiary/aromatic N) is 1. The van der Waals surface area contributed by atoms with Gasteiger partial charge in [0.05, 0.1) is 19.3 Å². The number of anilines is 2. The number of ether oxygens (including phenoxy) is 3. The minimum absolute atomic E-state index is 0.0441. The average Bonchev–Trinajstić information content (AvgIpc) is 2.75. The van der Waals surface area contributed by atoms with Crippen LogP contribution >= 0.6 is 0 Å². The number of carbonyl (C=O) groups excluding carboxylic acids is 1. The van der Waals surface area contributed by atoms with E-state index in [1.807, 2.05) is 18.2 Å². The van der Waals surface area contributed by atoms with E-state index in [-0.39, 0.29) is 18.9 Å². The summed E-state index contributed by atoms with van der Waals surface area (Å²) < 4.78 is 16.8. The Morgan fingerprint density at radius 3 is 2.55 bits per heavy atom. The fourth-order valence-electron chi connectivity index (χ4n) is 3.13. The van der Waals surface area contributed by atoms with E-state index in [2.05, 4.69) is 5.32 Å². The van der Waals surface area contributed by atoms with Crippen molar-refractivity contribution in [2.45, 2.75) is 0 Å². The lowest BCUT2D eigenvalue weighted by Crippen LogP contribution is -2.40. The molecule has 3 aromatic rings. The standard InChI is InChI=1S/C22H20N2O5/c1-27-18-10-4-5-11-19(18)28-14-13-23-22(26)24-15-7-2-3-9-17(15)29-20-12-6-8-16(25)21(20)24/h2-12,25H,13-14H2,1H3,(H,23,26). The van der Waals surface area contributed by atoms with E-state index in [1.54, 1.807) is 49.6 Å². The van der Waals surface area contributed by atoms with Crippen molar-refractivity contribution in [2.24, 2.45) is 0 Å². The van der Waals surface area contributed by atoms with Gasteiger partial charge in [-0.05, 0) is 36.4 Å². The van der Waals surface area contributed by atoms with Gasteiger partial charge in [-0.15, -0.1) is 0 Å². The molecule has 0 aliphatic carbocycles. The Bertz CT molecular complexity index is 1040. The van der Waals surface area contributed by atoms with Gasteiger partial charge in [0.25, 0.3) is 0 Å². The molecule has 1 heterocycles. The first-order valence-electron chi connectivity index (χ1n) is 9.11. The van der Waals surface area contributed by atoms with Crippen LogP contribution in [0.2, 0.25) is 0 Å². The normalized spacial score (nSPS) is 11.7. The highest BCUT2D eigenvalue weighted by Crippen LogP contribution is 2.50. The summed E-state index contributed by atoms with van der Waals surface area (Å²) in [6, 6.07) is 19.0. The van der Waals surface area contributed by atoms with Crippen LogP contribution in [-0.2, 0) is 0 Å². The first-order chi connectivity index (χ1) is 14.2. The summed E-state index contributed by atoms with van der Waals surface area (Å²) in [6.07, 6.45) is 0. The Labute approximate surface area is 168 Å². The van der Waals surface area contributed by atoms with Crippen LogP contribution in [0, 0.1) is 0 Å². The SMILES string of the molecule is COc1ccccc1OCCNC(=O)N1c2ccccc2Oc2cccc(O)c21. The zero-order valence-corrected chi connectivity index (χ0v) is 15.8. The molecule has 0 unspecified atom stereocenters. The summed E-state index contributed by atoms with van der Waals surface area (Å²) >= 11 is 0. The van der Waals surface area contributed by atoms with Crippen molar-refractivity contribution < 1.29 is 24.1 Å². The van der Waals surface area contributed by atoms with Gasteiger partial charge in [-0.3, -0.25) is 4.90 Å². The molecular weight excluding hydrogens is 372 g/mol. The van der Waals surface area contributed by atoms with Crippen LogP contribution in [-0.4, -0.2) is 31.4 Å². The summed E-state index contributed by atoms with van der Waals surface area (Å²) in [5.74, 6) is 2.12. The Balaban J connectivity index is 1.49. The molecule has 1 aliphatic heterocycles. The van der Waals surface area contributed by atoms with Crippen molar-refractivity contribution in [3.63, 3.8) is 0 Å². The van der Waals surface area contributed by atoms with Gasteiger partial charge in [-0.1, -0.05) is 30.3 Å². The number of rotatable bonds is 5. The van der Waals surface area contributed by atoms with E-state index in [0.717, 1.165) is 0 Å². The van der Waals surface area contributed by atoms with Gasteiger partial charge in [0.1, 0.15) is 18.0 Å². The molecule has 0 bridgehead atoms. The predicted octanol–water partition coefficient (Wildman–Crippen LogP) is 4.43. The Hall–Kier alpha value is -3.87. The molecule has 0 atom stereocenters. The van der Waals surface area contributed by atoms with Crippen molar-refractivity contribution in [1.82, 2.24) is 5.32 Å². The maximum absolute atomic E-state index is 13.0. The maximum atomic E-state index is 13.0. The quantitative estimate of drug-likeness (QED) is 0.628. The highest BCUT2D eigenvalue weighted by Gasteiger charge is 2.31. The van der Waals surface area contributed by atoms with Crippen molar-refractivity contribution in [1.29, 1.82) is 0 Å². The van der Waals surface area contributed by atoms with Crippen LogP contribution in [0.3, 0.4) is 0 Å². The molecule has 2 N–H and O–H groups in total. The Morgan fingerprint density at radius 1 is 1.00 bits per heavy atom. The Morgan fingerprint density at radius 2 is 1.72 bits per heavy atom. The number of fused-ring (bicyclic) bond motifs is 2. The van der Waals surface area contributed by atoms with E-state index < -0.39 is 6.03 Å². The van der Waals surface area contributed by atoms with Crippen LogP contribution < -0.4 is 24.4 Å². The number of methoxy groups -OCH3 is 1. The third-order valence-corrected chi connectivity index (χ3v) is 4.44. The van der Waals surface area contributed by atoms with Crippen molar-refractivity contribution >= 4 is 17.4 Å². The number of phenols is 1. The second-order valence-corrected chi connectivity index (χ2v) is 6.26. The summed E-state index contributed by atoms with van der Waals surface area (Å²) in [7, 11) is 1.57. The van der Waals surface area contributed by atoms with Gasteiger partial charge < -0.3 is 24.6 Å². The topological polar surface area (TPSA) is 80.3 Å². The molecule has 0 spiro atoms. The third-order valence-electron chi connectivity index (χ3n) is 4.44. The molecule has 2 amide bonds. The smallest absolute Gasteiger partial charge is 0.326 e. The number of urea groups is 1. The van der Waals surface area contributed by atoms with Crippen LogP contribution in [0.15, 0.2) is 66.7 Å². The maximum Gasteiger partial charge on any atom is 0.326 e. The highest BCUT2D eigenvalue weighted by atomic mass is 16.5. The number of amides is 2. The molecule has 0 aromatic heterocycles. The lowest BCUT2D eigenvalue weighted by molar-refractivity contribution is 0.242. The number of phenolic OH excluding ortho intramolecular Hbond substituents is 1. The largest absolute Gasteiger partial charge is 0.506 e. The van der Waals surface area contributed by atoms with Crippen LogP contribution in [0.1, 0.15) is 0 Å². The van der Waals surface area contributed by atoms with Gasteiger partial charge in [0.15, 0.2) is 23.0 Å². The zero-order valence-electron chi connectivity index (χ0n) is 15.8. The minimum atomic E-state index is -0.396. The number of hydrogen-bond acceptors (Lipinski definition) is 5. The second kappa shape index (κ2) is 8.02. The molecule has 7 nitrogen and oxygen atoms in total. The van der Waals surface area contributed by atoms with Gasteiger partial charge >= 0.3 is 6.03 Å². The molecule has 0 fully saturated rings. The van der Waals surface area contributed by atoms with Crippen LogP contribution in [0.5, 0.6) is 28.7 Å². The monoisotopic (exact) mass is 392 g/mol. The summed E-state index contributed by atoms with van der Waals surface area (Å²) in [5.41, 5.74) is 0.846. The van der Waals surface area contributed by atoms with E-state index in [4.69, 9.17) is 14.2 Å². The minimum Gasteiger partial charge on any atom is -0.506 e. The van der Waals surface area contributed by atoms with Gasteiger partial charge in [0.2, 0.25) is 0 Å². The molecule has 4 rings (SSSR count). The first-order valence-corrected chi connectivity index (χ1v) is 9.11. The molecule has 0 saturated heterocycles. The third kappa shape index (κ3) is 3.62. The molecule has 0 saturated carbocycles. The number of aromatic hydroxyl groups is 1. The van der Waals surface area contributed by atoms with Crippen LogP contribution in [0.4, 0.5) is 16.2 Å². The number of para-hydroxylation sites is 5. The number of benzene rings is 3. The molecule has 0 radical (unpaired) electrons. The lowest BCUT2D eigenvalue weighted by Gasteiger charge is -2.31. The molecule has 7 heteroatoms. The predicted molar refractivity (Wildman–Crippen MR) is 109 cm³/mol. The van der Waals surface area contributed by atoms with E-state index in [0.29, 0.717) is 34.4 Å². The summed E-state index contributed by atoms with van der Waals surface area (Å²) in [4.78, 5) is 14.4. The molecule has 29 heavy (non-hydrogen) atoms. The number of hydrogen-bond donors (Lipinski definition) is 2. The number of carbonyl (C=O) groups is 1. The average molecular weight is 392 g/mol. The van der Waals surface area contributed by atoms with Gasteiger partial charge in [-0.25, -0.2) is 4.79 Å². The second-order valence-electron chi connectivity index (χ2n) is 6.26. The number of nitrogens with one attached hydrogen (secondary N) is 1. The van der Waals surface area contributed by atoms with E-state index in [9.17, 15) is 9.90 Å². The lowest BCUT2D eigenvalue weighted by atomic mass is 10.1. The van der Waals surface area contributed by atoms with E-state index in [1.165, 1.54) is 11.0 Å². The van der Waals surface area contributed by atoms with Gasteiger partial charge in [0, 0.05) is 0 Å². The van der Waals surface area contributed by atoms with Crippen molar-refractivity contribution in [3.05, 3.63) is 66.7 Å². The fourth-order valence-corrected chi connectivity index (χ4v) is 3.13. The van der Waals surface area contributed by atoms with Crippen LogP contribution in [0.25, 0.3) is 0 Å². The molecular formula is C22H20N2O5. The highest BCUT2D eigenvalue weighted by molar-refractivity contribution is 6.04. The zero-order chi connectivity index (χ0) is 20.2. The van der Waals surface area contributed by atoms with Gasteiger partial charge in [-0.2, -0.15) is 0 Å². The first kappa shape index (κ1) is 18.5. The molecule has 148 valence electrons. The molecule has 1 aliphatic rings. The van der Waals surface area contributed by atoms with Crippen molar-refractivity contribution in [3.8, 4) is 28.7 Å². The summed E-state index contributed by atoms with van der Waals surface area (Å²) in [5, 5.41) is 13.2. The molecule has 3 aromatic carbocycles. The fraction of sp³-hybridized carbons (Fsp3) is 0.136. The van der Waals surface area contributed by atoms with Crippen molar-refractivity contribution in [2.75, 3.05) is 25.2 Å².